The van der Waals surface area contributed by atoms with E-state index in [2.05, 4.69) is 20.1 Å². The summed E-state index contributed by atoms with van der Waals surface area (Å²) in [6, 6.07) is 9.22. The first-order chi connectivity index (χ1) is 16.0. The van der Waals surface area contributed by atoms with Crippen LogP contribution in [0.1, 0.15) is 18.3 Å². The molecular weight excluding hydrogens is 453 g/mol. The van der Waals surface area contributed by atoms with Gasteiger partial charge in [0.1, 0.15) is 11.6 Å². The number of ether oxygens (including phenoxy) is 2. The maximum atomic E-state index is 12.3. The molecule has 0 spiro atoms. The number of benzene rings is 1. The molecule has 3 aromatic rings. The zero-order valence-electron chi connectivity index (χ0n) is 18.8. The van der Waals surface area contributed by atoms with Crippen molar-refractivity contribution in [2.75, 3.05) is 6.61 Å². The SMILES string of the molecule is CCO/C(N)=C/C=C(\N)NC=O.Cc1nc2ccc(-c3cccc(OC(F)(F)F)c3)nn2c1C. The lowest BCUT2D eigenvalue weighted by molar-refractivity contribution is -0.274. The quantitative estimate of drug-likeness (QED) is 0.270. The van der Waals surface area contributed by atoms with Gasteiger partial charge in [-0.15, -0.1) is 13.2 Å². The summed E-state index contributed by atoms with van der Waals surface area (Å²) in [6.45, 7) is 6.07. The summed E-state index contributed by atoms with van der Waals surface area (Å²) in [4.78, 5) is 14.2. The Kier molecular flexibility index (Phi) is 8.87. The third-order valence-electron chi connectivity index (χ3n) is 4.27. The van der Waals surface area contributed by atoms with E-state index >= 15 is 0 Å². The van der Waals surface area contributed by atoms with Crippen LogP contribution >= 0.6 is 0 Å². The number of alkyl halides is 3. The van der Waals surface area contributed by atoms with Gasteiger partial charge < -0.3 is 26.3 Å². The second-order valence-corrected chi connectivity index (χ2v) is 6.73. The molecule has 182 valence electrons. The molecule has 34 heavy (non-hydrogen) atoms. The summed E-state index contributed by atoms with van der Waals surface area (Å²) in [5.74, 6) is 0.200. The van der Waals surface area contributed by atoms with Crippen LogP contribution in [0, 0.1) is 13.8 Å². The van der Waals surface area contributed by atoms with E-state index in [1.54, 1.807) is 22.7 Å². The highest BCUT2D eigenvalue weighted by Crippen LogP contribution is 2.27. The van der Waals surface area contributed by atoms with Gasteiger partial charge in [0.05, 0.1) is 23.7 Å². The van der Waals surface area contributed by atoms with E-state index in [0.717, 1.165) is 11.4 Å². The fourth-order valence-corrected chi connectivity index (χ4v) is 2.66. The molecule has 1 aromatic carbocycles. The first-order valence-electron chi connectivity index (χ1n) is 9.99. The number of halogens is 3. The Morgan fingerprint density at radius 3 is 2.56 bits per heavy atom. The minimum Gasteiger partial charge on any atom is -0.480 e. The smallest absolute Gasteiger partial charge is 0.480 e. The van der Waals surface area contributed by atoms with Crippen LogP contribution in [0.4, 0.5) is 13.2 Å². The van der Waals surface area contributed by atoms with Gasteiger partial charge in [-0.2, -0.15) is 5.10 Å². The van der Waals surface area contributed by atoms with Crippen molar-refractivity contribution in [1.82, 2.24) is 19.9 Å². The van der Waals surface area contributed by atoms with Gasteiger partial charge in [-0.25, -0.2) is 9.50 Å². The van der Waals surface area contributed by atoms with Crippen molar-refractivity contribution in [1.29, 1.82) is 0 Å². The molecule has 0 fully saturated rings. The zero-order chi connectivity index (χ0) is 25.3. The average molecular weight is 478 g/mol. The number of hydrogen-bond acceptors (Lipinski definition) is 7. The highest BCUT2D eigenvalue weighted by molar-refractivity contribution is 5.62. The van der Waals surface area contributed by atoms with Crippen LogP contribution in [-0.4, -0.2) is 34.0 Å². The summed E-state index contributed by atoms with van der Waals surface area (Å²) in [7, 11) is 0. The Morgan fingerprint density at radius 2 is 1.91 bits per heavy atom. The Morgan fingerprint density at radius 1 is 1.18 bits per heavy atom. The Balaban J connectivity index is 0.000000292. The van der Waals surface area contributed by atoms with Crippen LogP contribution in [0.3, 0.4) is 0 Å². The third kappa shape index (κ3) is 7.73. The predicted molar refractivity (Wildman–Crippen MR) is 120 cm³/mol. The van der Waals surface area contributed by atoms with Crippen LogP contribution in [0.5, 0.6) is 5.75 Å². The van der Waals surface area contributed by atoms with E-state index in [-0.39, 0.29) is 17.5 Å². The largest absolute Gasteiger partial charge is 0.573 e. The van der Waals surface area contributed by atoms with Gasteiger partial charge in [0.2, 0.25) is 6.41 Å². The van der Waals surface area contributed by atoms with Gasteiger partial charge in [-0.1, -0.05) is 12.1 Å². The minimum atomic E-state index is -4.71. The van der Waals surface area contributed by atoms with Crippen LogP contribution in [0.15, 0.2) is 60.3 Å². The van der Waals surface area contributed by atoms with Crippen LogP contribution in [-0.2, 0) is 9.53 Å². The molecule has 0 unspecified atom stereocenters. The van der Waals surface area contributed by atoms with Crippen LogP contribution in [0.25, 0.3) is 16.9 Å². The lowest BCUT2D eigenvalue weighted by atomic mass is 10.1. The lowest BCUT2D eigenvalue weighted by Gasteiger charge is -2.10. The van der Waals surface area contributed by atoms with Gasteiger partial charge in [0, 0.05) is 11.6 Å². The number of aryl methyl sites for hydroxylation is 2. The summed E-state index contributed by atoms with van der Waals surface area (Å²) in [5.41, 5.74) is 14.2. The van der Waals surface area contributed by atoms with E-state index in [4.69, 9.17) is 16.2 Å². The normalized spacial score (nSPS) is 12.1. The molecule has 0 radical (unpaired) electrons. The molecule has 0 aliphatic heterocycles. The molecule has 1 amide bonds. The van der Waals surface area contributed by atoms with Gasteiger partial charge in [0.15, 0.2) is 11.5 Å². The van der Waals surface area contributed by atoms with Crippen molar-refractivity contribution in [2.45, 2.75) is 27.1 Å². The van der Waals surface area contributed by atoms with Crippen molar-refractivity contribution in [3.05, 3.63) is 71.6 Å². The molecule has 5 N–H and O–H groups in total. The molecule has 9 nitrogen and oxygen atoms in total. The second kappa shape index (κ2) is 11.6. The van der Waals surface area contributed by atoms with Crippen molar-refractivity contribution >= 4 is 12.1 Å². The maximum Gasteiger partial charge on any atom is 0.573 e. The van der Waals surface area contributed by atoms with Gasteiger partial charge in [0.25, 0.3) is 0 Å². The molecule has 0 saturated heterocycles. The molecule has 12 heteroatoms. The molecular formula is C22H25F3N6O3. The standard InChI is InChI=1S/C15H12F3N3O.C7H13N3O2/c1-9-10(2)21-14(19-9)7-6-13(20-21)11-4-3-5-12(8-11)22-15(16,17)18;1-2-12-7(9)4-3-6(8)10-5-11/h3-8H,1-2H3;3-5H,2,8-9H2,1H3,(H,10,11)/b;6-3+,7-4+. The first kappa shape index (κ1) is 26.0. The number of carbonyl (C=O) groups excluding carboxylic acids is 1. The van der Waals surface area contributed by atoms with Gasteiger partial charge in [-0.05, 0) is 51.1 Å². The monoisotopic (exact) mass is 478 g/mol. The molecule has 2 heterocycles. The van der Waals surface area contributed by atoms with Gasteiger partial charge in [-0.3, -0.25) is 4.79 Å². The number of imidazole rings is 1. The number of nitrogens with two attached hydrogens (primary N) is 2. The fraction of sp³-hybridized carbons (Fsp3) is 0.227. The summed E-state index contributed by atoms with van der Waals surface area (Å²) >= 11 is 0. The summed E-state index contributed by atoms with van der Waals surface area (Å²) in [5, 5.41) is 6.67. The summed E-state index contributed by atoms with van der Waals surface area (Å²) in [6.07, 6.45) is -1.32. The average Bonchev–Trinajstić information content (AvgIpc) is 3.05. The molecule has 2 aromatic heterocycles. The van der Waals surface area contributed by atoms with E-state index < -0.39 is 6.36 Å². The number of amides is 1. The minimum absolute atomic E-state index is 0.215. The van der Waals surface area contributed by atoms with Crippen molar-refractivity contribution in [2.24, 2.45) is 11.5 Å². The molecule has 3 rings (SSSR count). The number of nitrogens with zero attached hydrogens (tertiary/aromatic N) is 3. The number of fused-ring (bicyclic) bond motifs is 1. The molecule has 0 atom stereocenters. The van der Waals surface area contributed by atoms with E-state index in [9.17, 15) is 18.0 Å². The number of hydrogen-bond donors (Lipinski definition) is 3. The number of allylic oxidation sites excluding steroid dienone is 2. The Labute approximate surface area is 193 Å². The second-order valence-electron chi connectivity index (χ2n) is 6.73. The van der Waals surface area contributed by atoms with Crippen molar-refractivity contribution < 1.29 is 27.4 Å². The van der Waals surface area contributed by atoms with Crippen LogP contribution < -0.4 is 21.5 Å². The lowest BCUT2D eigenvalue weighted by Crippen LogP contribution is -2.17. The number of carbonyl (C=O) groups is 1. The van der Waals surface area contributed by atoms with E-state index in [1.165, 1.54) is 30.4 Å². The predicted octanol–water partition coefficient (Wildman–Crippen LogP) is 3.28. The topological polar surface area (TPSA) is 130 Å². The van der Waals surface area contributed by atoms with Crippen molar-refractivity contribution in [3.63, 3.8) is 0 Å². The highest BCUT2D eigenvalue weighted by atomic mass is 19.4. The Bertz CT molecular complexity index is 1190. The van der Waals surface area contributed by atoms with Crippen molar-refractivity contribution in [3.8, 4) is 17.0 Å². The Hall–Kier alpha value is -4.22. The molecule has 0 aliphatic carbocycles. The van der Waals surface area contributed by atoms with Crippen LogP contribution in [0.2, 0.25) is 0 Å². The highest BCUT2D eigenvalue weighted by Gasteiger charge is 2.31. The molecule has 0 bridgehead atoms. The third-order valence-corrected chi connectivity index (χ3v) is 4.27. The summed E-state index contributed by atoms with van der Waals surface area (Å²) < 4.78 is 47.4. The van der Waals surface area contributed by atoms with Gasteiger partial charge >= 0.3 is 6.36 Å². The zero-order valence-corrected chi connectivity index (χ0v) is 18.8. The number of rotatable bonds is 7. The number of nitrogens with one attached hydrogen (secondary N) is 1. The maximum absolute atomic E-state index is 12.3. The van der Waals surface area contributed by atoms with E-state index in [0.29, 0.717) is 29.9 Å². The first-order valence-corrected chi connectivity index (χ1v) is 9.99. The van der Waals surface area contributed by atoms with E-state index in [1.807, 2.05) is 20.8 Å². The molecule has 0 saturated carbocycles. The molecule has 0 aliphatic rings. The fourth-order valence-electron chi connectivity index (χ4n) is 2.66. The number of aromatic nitrogens is 3.